The molecule has 0 heterocycles. The first-order valence-corrected chi connectivity index (χ1v) is 19.0. The molecule has 0 unspecified atom stereocenters. The average molecular weight is 720 g/mol. The maximum Gasteiger partial charge on any atom is 0.210 e. The third-order valence-electron chi connectivity index (χ3n) is 9.24. The predicted molar refractivity (Wildman–Crippen MR) is 222 cm³/mol. The Morgan fingerprint density at radius 3 is 1.48 bits per heavy atom. The van der Waals surface area contributed by atoms with Crippen molar-refractivity contribution in [3.8, 4) is 0 Å². The Kier molecular flexibility index (Phi) is 15.5. The van der Waals surface area contributed by atoms with Crippen molar-refractivity contribution >= 4 is 34.2 Å². The molecule has 0 fully saturated rings. The van der Waals surface area contributed by atoms with Gasteiger partial charge in [-0.3, -0.25) is 4.79 Å². The van der Waals surface area contributed by atoms with Crippen LogP contribution in [-0.2, 0) is 4.79 Å². The zero-order chi connectivity index (χ0) is 38.7. The van der Waals surface area contributed by atoms with E-state index in [2.05, 4.69) is 122 Å². The zero-order valence-electron chi connectivity index (χ0n) is 34.7. The second-order valence-corrected chi connectivity index (χ2v) is 17.8. The molecule has 2 aromatic rings. The van der Waals surface area contributed by atoms with Crippen molar-refractivity contribution in [1.82, 2.24) is 4.90 Å². The first-order chi connectivity index (χ1) is 24.2. The Morgan fingerprint density at radius 2 is 1.06 bits per heavy atom. The monoisotopic (exact) mass is 720 g/mol. The number of benzene rings is 2. The molecule has 0 spiro atoms. The number of nitrogens with zero attached hydrogens (tertiary/aromatic N) is 7. The number of anilines is 3. The van der Waals surface area contributed by atoms with Crippen LogP contribution < -0.4 is 15.1 Å². The number of carbonyl (C=O) groups is 1. The molecule has 0 amide bonds. The van der Waals surface area contributed by atoms with Gasteiger partial charge in [0.2, 0.25) is 5.78 Å². The maximum absolute atomic E-state index is 13.3. The minimum Gasteiger partial charge on any atom is -0.505 e. The number of Topliss-reactive ketones (excluding diaryl/α,β-unsaturated/α-hetero) is 1. The van der Waals surface area contributed by atoms with E-state index in [-0.39, 0.29) is 17.1 Å². The number of aliphatic hydroxyl groups is 1. The van der Waals surface area contributed by atoms with Gasteiger partial charge in [-0.25, -0.2) is 4.99 Å². The van der Waals surface area contributed by atoms with Gasteiger partial charge >= 0.3 is 0 Å². The van der Waals surface area contributed by atoms with Crippen LogP contribution in [0, 0.1) is 0 Å². The number of carbonyl (C=O) groups excluding carboxylic acids is 1. The normalized spacial score (nSPS) is 15.1. The molecular weight excluding hydrogens is 649 g/mol. The summed E-state index contributed by atoms with van der Waals surface area (Å²) in [5.74, 6) is -0.320. The van der Waals surface area contributed by atoms with Gasteiger partial charge in [0.05, 0.1) is 94.4 Å². The minimum absolute atomic E-state index is 0.0483. The van der Waals surface area contributed by atoms with Crippen molar-refractivity contribution in [2.45, 2.75) is 32.6 Å². The van der Waals surface area contributed by atoms with Gasteiger partial charge < -0.3 is 38.6 Å². The molecule has 10 nitrogen and oxygen atoms in total. The van der Waals surface area contributed by atoms with Gasteiger partial charge in [0.15, 0.2) is 0 Å². The largest absolute Gasteiger partial charge is 0.505 e. The summed E-state index contributed by atoms with van der Waals surface area (Å²) in [6, 6.07) is 16.5. The standard InChI is InChI=1S/C42H69N8O2/c1-34-41(51)39(43-35-17-21-37(22-18-35)46(26-13-25-45(2)3)27-14-30-48(4,5)6)33-40(42(34)52)44-36-19-23-38(24-20-36)47(28-15-31-49(7,8)9)29-16-32-50(10,11)12/h17-24,33H,13-16,25-32H2,1-12H3/q+1/p+2. The number of nitrogens with one attached hydrogen (secondary N) is 1. The van der Waals surface area contributed by atoms with E-state index in [0.717, 1.165) is 103 Å². The molecule has 288 valence electrons. The molecule has 1 aliphatic carbocycles. The van der Waals surface area contributed by atoms with Crippen LogP contribution in [0.2, 0.25) is 0 Å². The summed E-state index contributed by atoms with van der Waals surface area (Å²) in [7, 11) is 24.4. The number of rotatable bonds is 21. The summed E-state index contributed by atoms with van der Waals surface area (Å²) in [6.07, 6.45) is 6.08. The second-order valence-electron chi connectivity index (χ2n) is 17.8. The van der Waals surface area contributed by atoms with E-state index in [4.69, 9.17) is 4.99 Å². The smallest absolute Gasteiger partial charge is 0.210 e. The fourth-order valence-corrected chi connectivity index (χ4v) is 6.26. The van der Waals surface area contributed by atoms with E-state index in [1.165, 1.54) is 5.69 Å². The molecule has 1 aliphatic rings. The van der Waals surface area contributed by atoms with Crippen molar-refractivity contribution in [3.63, 3.8) is 0 Å². The lowest BCUT2D eigenvalue weighted by atomic mass is 9.99. The Bertz CT molecular complexity index is 1500. The number of ketones is 1. The summed E-state index contributed by atoms with van der Waals surface area (Å²) in [4.78, 5) is 25.2. The first-order valence-electron chi connectivity index (χ1n) is 19.0. The molecule has 2 aromatic carbocycles. The van der Waals surface area contributed by atoms with Crippen molar-refractivity contribution in [2.24, 2.45) is 4.99 Å². The van der Waals surface area contributed by atoms with Crippen LogP contribution in [0.4, 0.5) is 22.7 Å². The molecule has 10 heteroatoms. The number of hydrogen-bond acceptors (Lipinski definition) is 7. The molecular formula is C42H71N8O2+3. The second kappa shape index (κ2) is 18.9. The third-order valence-corrected chi connectivity index (χ3v) is 9.24. The summed E-state index contributed by atoms with van der Waals surface area (Å²) in [6.45, 7) is 10.0. The highest BCUT2D eigenvalue weighted by Gasteiger charge is 2.25. The van der Waals surface area contributed by atoms with Gasteiger partial charge in [-0.05, 0) is 88.6 Å². The van der Waals surface area contributed by atoms with E-state index in [1.54, 1.807) is 13.0 Å². The molecule has 3 rings (SSSR count). The van der Waals surface area contributed by atoms with Crippen LogP contribution in [0.5, 0.6) is 0 Å². The SMILES string of the molecule is CC1=C(O)C(Nc2ccc(N(CCC[N+](C)(C)C)CCC[N+](C)(C)C)cc2)=CC(=Nc2ccc(N(CCCN(C)C)CCC[N+](C)(C)C)cc2)C1=O. The van der Waals surface area contributed by atoms with Crippen LogP contribution in [0.15, 0.2) is 76.6 Å². The van der Waals surface area contributed by atoms with Crippen LogP contribution in [0.25, 0.3) is 0 Å². The number of hydrogen-bond donors (Lipinski definition) is 2. The molecule has 0 atom stereocenters. The minimum atomic E-state index is -0.272. The van der Waals surface area contributed by atoms with Crippen molar-refractivity contribution < 1.29 is 23.4 Å². The highest BCUT2D eigenvalue weighted by atomic mass is 16.3. The van der Waals surface area contributed by atoms with Crippen molar-refractivity contribution in [2.75, 3.05) is 145 Å². The molecule has 0 saturated heterocycles. The number of aliphatic hydroxyl groups excluding tert-OH is 1. The number of allylic oxidation sites excluding steroid dienone is 2. The van der Waals surface area contributed by atoms with E-state index in [9.17, 15) is 9.90 Å². The maximum atomic E-state index is 13.3. The molecule has 0 aromatic heterocycles. The lowest BCUT2D eigenvalue weighted by molar-refractivity contribution is -0.870. The van der Waals surface area contributed by atoms with Gasteiger partial charge in [-0.1, -0.05) is 0 Å². The molecule has 52 heavy (non-hydrogen) atoms. The lowest BCUT2D eigenvalue weighted by Gasteiger charge is -2.30. The fourth-order valence-electron chi connectivity index (χ4n) is 6.26. The summed E-state index contributed by atoms with van der Waals surface area (Å²) in [5.41, 5.74) is 4.94. The highest BCUT2D eigenvalue weighted by molar-refractivity contribution is 6.51. The lowest BCUT2D eigenvalue weighted by Crippen LogP contribution is -2.39. The molecule has 0 aliphatic heterocycles. The molecule has 0 bridgehead atoms. The number of quaternary nitrogens is 3. The van der Waals surface area contributed by atoms with Gasteiger partial charge in [0.25, 0.3) is 0 Å². The summed E-state index contributed by atoms with van der Waals surface area (Å²) < 4.78 is 2.85. The molecule has 2 N–H and O–H groups in total. The molecule has 0 saturated carbocycles. The summed E-state index contributed by atoms with van der Waals surface area (Å²) >= 11 is 0. The molecule has 0 radical (unpaired) electrons. The Hall–Kier alpha value is -3.70. The first kappa shape index (κ1) is 42.7. The van der Waals surface area contributed by atoms with Crippen molar-refractivity contribution in [3.05, 3.63) is 71.6 Å². The van der Waals surface area contributed by atoms with Crippen LogP contribution in [-0.4, -0.2) is 165 Å². The quantitative estimate of drug-likeness (QED) is 0.122. The third kappa shape index (κ3) is 15.1. The van der Waals surface area contributed by atoms with Crippen molar-refractivity contribution in [1.29, 1.82) is 0 Å². The number of aliphatic imine (C=N–C) groups is 1. The van der Waals surface area contributed by atoms with Crippen LogP contribution in [0.1, 0.15) is 32.6 Å². The topological polar surface area (TPSA) is 71.4 Å². The summed E-state index contributed by atoms with van der Waals surface area (Å²) in [5, 5.41) is 14.4. The Morgan fingerprint density at radius 1 is 0.635 bits per heavy atom. The Balaban J connectivity index is 1.77. The highest BCUT2D eigenvalue weighted by Crippen LogP contribution is 2.27. The van der Waals surface area contributed by atoms with E-state index in [1.807, 2.05) is 24.3 Å². The van der Waals surface area contributed by atoms with Crippen LogP contribution in [0.3, 0.4) is 0 Å². The van der Waals surface area contributed by atoms with Gasteiger partial charge in [-0.15, -0.1) is 0 Å². The predicted octanol–water partition coefficient (Wildman–Crippen LogP) is 6.02. The van der Waals surface area contributed by atoms with E-state index >= 15 is 0 Å². The fraction of sp³-hybridized carbons (Fsp3) is 0.571. The van der Waals surface area contributed by atoms with E-state index < -0.39 is 0 Å². The van der Waals surface area contributed by atoms with Gasteiger partial charge in [-0.2, -0.15) is 0 Å². The van der Waals surface area contributed by atoms with Gasteiger partial charge in [0.1, 0.15) is 11.5 Å². The Labute approximate surface area is 316 Å². The van der Waals surface area contributed by atoms with Crippen LogP contribution >= 0.6 is 0 Å². The average Bonchev–Trinajstić information content (AvgIpc) is 3.03. The van der Waals surface area contributed by atoms with E-state index in [0.29, 0.717) is 17.1 Å². The zero-order valence-corrected chi connectivity index (χ0v) is 34.7. The van der Waals surface area contributed by atoms with Gasteiger partial charge in [0, 0.05) is 68.1 Å².